The van der Waals surface area contributed by atoms with Crippen molar-refractivity contribution in [1.29, 1.82) is 0 Å². The third kappa shape index (κ3) is 2.21. The summed E-state index contributed by atoms with van der Waals surface area (Å²) < 4.78 is 0. The fourth-order valence-electron chi connectivity index (χ4n) is 2.24. The lowest BCUT2D eigenvalue weighted by atomic mass is 9.90. The molecular formula is C13H19NO. The highest BCUT2D eigenvalue weighted by Crippen LogP contribution is 2.23. The van der Waals surface area contributed by atoms with Crippen LogP contribution in [0.2, 0.25) is 0 Å². The number of β-amino-alcohol motifs (C(OH)–C–C–N with tert-alkyl or cyclic N) is 1. The van der Waals surface area contributed by atoms with Crippen LogP contribution in [0, 0.1) is 13.8 Å². The van der Waals surface area contributed by atoms with Gasteiger partial charge in [0.2, 0.25) is 0 Å². The molecule has 0 amide bonds. The highest BCUT2D eigenvalue weighted by Gasteiger charge is 2.31. The SMILES string of the molecule is Cc1cccc(CC2(O)CCNC2)c1C. The Labute approximate surface area is 91.3 Å². The molecule has 0 saturated carbocycles. The van der Waals surface area contributed by atoms with Gasteiger partial charge < -0.3 is 10.4 Å². The molecule has 1 aliphatic rings. The molecule has 1 aromatic rings. The van der Waals surface area contributed by atoms with Gasteiger partial charge in [-0.3, -0.25) is 0 Å². The Morgan fingerprint density at radius 1 is 1.40 bits per heavy atom. The standard InChI is InChI=1S/C13H19NO/c1-10-4-3-5-12(11(10)2)8-13(15)6-7-14-9-13/h3-5,14-15H,6-9H2,1-2H3. The minimum atomic E-state index is -0.529. The van der Waals surface area contributed by atoms with E-state index in [9.17, 15) is 5.11 Å². The van der Waals surface area contributed by atoms with Gasteiger partial charge in [0.05, 0.1) is 5.60 Å². The Hall–Kier alpha value is -0.860. The summed E-state index contributed by atoms with van der Waals surface area (Å²) in [7, 11) is 0. The second kappa shape index (κ2) is 3.95. The molecule has 2 rings (SSSR count). The summed E-state index contributed by atoms with van der Waals surface area (Å²) >= 11 is 0. The largest absolute Gasteiger partial charge is 0.388 e. The molecule has 1 aromatic carbocycles. The Morgan fingerprint density at radius 3 is 2.87 bits per heavy atom. The first kappa shape index (κ1) is 10.7. The first-order chi connectivity index (χ1) is 7.11. The van der Waals surface area contributed by atoms with Crippen LogP contribution in [0.4, 0.5) is 0 Å². The van der Waals surface area contributed by atoms with Crippen molar-refractivity contribution in [2.45, 2.75) is 32.3 Å². The predicted octanol–water partition coefficient (Wildman–Crippen LogP) is 1.57. The van der Waals surface area contributed by atoms with E-state index in [0.29, 0.717) is 0 Å². The molecule has 15 heavy (non-hydrogen) atoms. The molecule has 1 heterocycles. The zero-order valence-corrected chi connectivity index (χ0v) is 9.51. The number of aliphatic hydroxyl groups is 1. The Bertz CT molecular complexity index is 354. The molecule has 0 radical (unpaired) electrons. The highest BCUT2D eigenvalue weighted by molar-refractivity contribution is 5.34. The van der Waals surface area contributed by atoms with Crippen LogP contribution in [-0.4, -0.2) is 23.8 Å². The van der Waals surface area contributed by atoms with Crippen molar-refractivity contribution in [2.24, 2.45) is 0 Å². The average Bonchev–Trinajstić information content (AvgIpc) is 2.60. The molecule has 0 aromatic heterocycles. The van der Waals surface area contributed by atoms with Crippen molar-refractivity contribution in [1.82, 2.24) is 5.32 Å². The van der Waals surface area contributed by atoms with Gasteiger partial charge in [-0.05, 0) is 43.5 Å². The number of aryl methyl sites for hydroxylation is 1. The average molecular weight is 205 g/mol. The highest BCUT2D eigenvalue weighted by atomic mass is 16.3. The van der Waals surface area contributed by atoms with Gasteiger partial charge in [-0.15, -0.1) is 0 Å². The van der Waals surface area contributed by atoms with Gasteiger partial charge in [0.25, 0.3) is 0 Å². The number of rotatable bonds is 2. The Balaban J connectivity index is 2.20. The van der Waals surface area contributed by atoms with Crippen LogP contribution in [0.15, 0.2) is 18.2 Å². The molecule has 2 heteroatoms. The molecule has 0 spiro atoms. The lowest BCUT2D eigenvalue weighted by molar-refractivity contribution is 0.0617. The Morgan fingerprint density at radius 2 is 2.20 bits per heavy atom. The Kier molecular flexibility index (Phi) is 2.81. The van der Waals surface area contributed by atoms with Crippen LogP contribution >= 0.6 is 0 Å². The smallest absolute Gasteiger partial charge is 0.0823 e. The maximum Gasteiger partial charge on any atom is 0.0823 e. The fourth-order valence-corrected chi connectivity index (χ4v) is 2.24. The summed E-state index contributed by atoms with van der Waals surface area (Å²) in [4.78, 5) is 0. The first-order valence-corrected chi connectivity index (χ1v) is 5.59. The summed E-state index contributed by atoms with van der Waals surface area (Å²) in [5, 5.41) is 13.5. The topological polar surface area (TPSA) is 32.3 Å². The van der Waals surface area contributed by atoms with E-state index in [0.717, 1.165) is 25.9 Å². The number of hydrogen-bond donors (Lipinski definition) is 2. The quantitative estimate of drug-likeness (QED) is 0.768. The van der Waals surface area contributed by atoms with E-state index in [1.807, 2.05) is 0 Å². The molecular weight excluding hydrogens is 186 g/mol. The van der Waals surface area contributed by atoms with Crippen molar-refractivity contribution in [2.75, 3.05) is 13.1 Å². The third-order valence-corrected chi connectivity index (χ3v) is 3.46. The van der Waals surface area contributed by atoms with E-state index >= 15 is 0 Å². The van der Waals surface area contributed by atoms with Crippen molar-refractivity contribution in [3.05, 3.63) is 34.9 Å². The van der Waals surface area contributed by atoms with Gasteiger partial charge in [-0.2, -0.15) is 0 Å². The maximum atomic E-state index is 10.3. The minimum absolute atomic E-state index is 0.529. The van der Waals surface area contributed by atoms with Crippen molar-refractivity contribution in [3.8, 4) is 0 Å². The summed E-state index contributed by atoms with van der Waals surface area (Å²) in [6.45, 7) is 5.91. The molecule has 1 unspecified atom stereocenters. The van der Waals surface area contributed by atoms with Gasteiger partial charge in [0, 0.05) is 13.0 Å². The van der Waals surface area contributed by atoms with Crippen LogP contribution in [0.1, 0.15) is 23.1 Å². The van der Waals surface area contributed by atoms with E-state index in [-0.39, 0.29) is 0 Å². The summed E-state index contributed by atoms with van der Waals surface area (Å²) in [5.74, 6) is 0. The number of benzene rings is 1. The molecule has 2 nitrogen and oxygen atoms in total. The summed E-state index contributed by atoms with van der Waals surface area (Å²) in [5.41, 5.74) is 3.37. The molecule has 1 atom stereocenters. The third-order valence-electron chi connectivity index (χ3n) is 3.46. The zero-order chi connectivity index (χ0) is 10.9. The van der Waals surface area contributed by atoms with Gasteiger partial charge >= 0.3 is 0 Å². The van der Waals surface area contributed by atoms with Gasteiger partial charge in [-0.25, -0.2) is 0 Å². The van der Waals surface area contributed by atoms with E-state index in [1.165, 1.54) is 16.7 Å². The lowest BCUT2D eigenvalue weighted by Crippen LogP contribution is -2.34. The van der Waals surface area contributed by atoms with Crippen LogP contribution in [0.5, 0.6) is 0 Å². The molecule has 1 fully saturated rings. The maximum absolute atomic E-state index is 10.3. The summed E-state index contributed by atoms with van der Waals surface area (Å²) in [6.07, 6.45) is 1.63. The number of nitrogens with one attached hydrogen (secondary N) is 1. The van der Waals surface area contributed by atoms with E-state index in [4.69, 9.17) is 0 Å². The molecule has 1 aliphatic heterocycles. The van der Waals surface area contributed by atoms with Crippen LogP contribution in [0.3, 0.4) is 0 Å². The van der Waals surface area contributed by atoms with Crippen LogP contribution in [0.25, 0.3) is 0 Å². The second-order valence-corrected chi connectivity index (χ2v) is 4.69. The second-order valence-electron chi connectivity index (χ2n) is 4.69. The van der Waals surface area contributed by atoms with Gasteiger partial charge in [0.15, 0.2) is 0 Å². The van der Waals surface area contributed by atoms with Gasteiger partial charge in [-0.1, -0.05) is 18.2 Å². The van der Waals surface area contributed by atoms with Crippen LogP contribution in [-0.2, 0) is 6.42 Å². The van der Waals surface area contributed by atoms with E-state index < -0.39 is 5.60 Å². The number of hydrogen-bond acceptors (Lipinski definition) is 2. The zero-order valence-electron chi connectivity index (χ0n) is 9.51. The summed E-state index contributed by atoms with van der Waals surface area (Å²) in [6, 6.07) is 6.32. The molecule has 2 N–H and O–H groups in total. The van der Waals surface area contributed by atoms with E-state index in [1.54, 1.807) is 0 Å². The van der Waals surface area contributed by atoms with Crippen LogP contribution < -0.4 is 5.32 Å². The monoisotopic (exact) mass is 205 g/mol. The minimum Gasteiger partial charge on any atom is -0.388 e. The van der Waals surface area contributed by atoms with Gasteiger partial charge in [0.1, 0.15) is 0 Å². The van der Waals surface area contributed by atoms with Crippen molar-refractivity contribution < 1.29 is 5.11 Å². The molecule has 82 valence electrons. The normalized spacial score (nSPS) is 25.8. The fraction of sp³-hybridized carbons (Fsp3) is 0.538. The molecule has 1 saturated heterocycles. The lowest BCUT2D eigenvalue weighted by Gasteiger charge is -2.22. The van der Waals surface area contributed by atoms with E-state index in [2.05, 4.69) is 37.4 Å². The van der Waals surface area contributed by atoms with Crippen molar-refractivity contribution >= 4 is 0 Å². The predicted molar refractivity (Wildman–Crippen MR) is 62.1 cm³/mol. The molecule has 0 aliphatic carbocycles. The molecule has 0 bridgehead atoms. The first-order valence-electron chi connectivity index (χ1n) is 5.59. The van der Waals surface area contributed by atoms with Crippen molar-refractivity contribution in [3.63, 3.8) is 0 Å².